The Morgan fingerprint density at radius 1 is 1.20 bits per heavy atom. The first kappa shape index (κ1) is 30.0. The molecule has 3 aliphatic heterocycles. The first-order valence-electron chi connectivity index (χ1n) is 15.1. The average molecular weight is 640 g/mol. The molecule has 236 valence electrons. The first-order chi connectivity index (χ1) is 21.6. The molecule has 13 heteroatoms. The molecule has 8 nitrogen and oxygen atoms in total. The number of aromatic nitrogens is 2. The summed E-state index contributed by atoms with van der Waals surface area (Å²) in [4.78, 5) is 13.1. The van der Waals surface area contributed by atoms with E-state index in [4.69, 9.17) is 10.5 Å². The van der Waals surface area contributed by atoms with Crippen molar-refractivity contribution in [2.45, 2.75) is 44.7 Å². The van der Waals surface area contributed by atoms with Crippen molar-refractivity contribution in [3.8, 4) is 23.2 Å². The van der Waals surface area contributed by atoms with Gasteiger partial charge >= 0.3 is 6.01 Å². The van der Waals surface area contributed by atoms with Gasteiger partial charge in [0.25, 0.3) is 0 Å². The highest BCUT2D eigenvalue weighted by Gasteiger charge is 2.44. The molecule has 5 heterocycles. The lowest BCUT2D eigenvalue weighted by molar-refractivity contribution is -0.0679. The number of alkyl halides is 2. The molecule has 45 heavy (non-hydrogen) atoms. The lowest BCUT2D eigenvalue weighted by atomic mass is 9.73. The first-order valence-corrected chi connectivity index (χ1v) is 15.9. The van der Waals surface area contributed by atoms with Gasteiger partial charge in [0.2, 0.25) is 6.43 Å². The standard InChI is InChI=1S/C32H33F4N7OS/c1-32(14-42(2)9-8-21(32)28(35)36)15-44-31-40-27-19(30(41-31)43-12-16-6-7-17(13-43)39-16)10-22(33)25(26(27)34)18-4-3-5-23-24(18)20(11-37)29(38)45-23/h3-5,10,16-17,21,28,39H,6-9,12-15,38H2,1-2H3/t16-,17+,21-,32+/m1/s1. The van der Waals surface area contributed by atoms with Crippen LogP contribution in [0, 0.1) is 34.3 Å². The van der Waals surface area contributed by atoms with E-state index in [1.165, 1.54) is 17.4 Å². The van der Waals surface area contributed by atoms with Crippen molar-refractivity contribution in [1.82, 2.24) is 20.2 Å². The van der Waals surface area contributed by atoms with Crippen LogP contribution in [-0.2, 0) is 0 Å². The van der Waals surface area contributed by atoms with Gasteiger partial charge in [0.1, 0.15) is 28.2 Å². The third-order valence-corrected chi connectivity index (χ3v) is 10.6. The molecular formula is C32H33F4N7OS. The van der Waals surface area contributed by atoms with Gasteiger partial charge in [0.15, 0.2) is 5.82 Å². The largest absolute Gasteiger partial charge is 0.463 e. The predicted octanol–water partition coefficient (Wildman–Crippen LogP) is 5.79. The number of nitrogen functional groups attached to an aromatic ring is 1. The quantitative estimate of drug-likeness (QED) is 0.256. The second-order valence-electron chi connectivity index (χ2n) is 12.9. The molecule has 0 amide bonds. The van der Waals surface area contributed by atoms with Gasteiger partial charge in [-0.15, -0.1) is 11.3 Å². The van der Waals surface area contributed by atoms with Crippen molar-refractivity contribution in [3.63, 3.8) is 0 Å². The molecule has 2 aromatic heterocycles. The number of thiophene rings is 1. The van der Waals surface area contributed by atoms with Gasteiger partial charge in [-0.1, -0.05) is 19.1 Å². The van der Waals surface area contributed by atoms with E-state index in [0.29, 0.717) is 48.5 Å². The number of benzene rings is 2. The van der Waals surface area contributed by atoms with Crippen molar-refractivity contribution < 1.29 is 22.3 Å². The second-order valence-corrected chi connectivity index (χ2v) is 13.9. The number of nitriles is 1. The molecule has 4 aromatic rings. The Bertz CT molecular complexity index is 1830. The minimum atomic E-state index is -2.52. The summed E-state index contributed by atoms with van der Waals surface area (Å²) in [6.45, 7) is 3.79. The molecule has 0 saturated carbocycles. The number of likely N-dealkylation sites (tertiary alicyclic amines) is 1. The maximum absolute atomic E-state index is 16.7. The summed E-state index contributed by atoms with van der Waals surface area (Å²) in [5, 5.41) is 14.2. The molecule has 0 unspecified atom stereocenters. The molecule has 2 bridgehead atoms. The number of nitrogens with two attached hydrogens (primary N) is 1. The van der Waals surface area contributed by atoms with Crippen LogP contribution in [-0.4, -0.2) is 73.2 Å². The number of hydrogen-bond donors (Lipinski definition) is 2. The summed E-state index contributed by atoms with van der Waals surface area (Å²) in [5.74, 6) is -2.30. The third kappa shape index (κ3) is 5.13. The number of nitrogens with zero attached hydrogens (tertiary/aromatic N) is 5. The summed E-state index contributed by atoms with van der Waals surface area (Å²) in [5.41, 5.74) is 5.05. The normalized spacial score (nSPS) is 25.4. The average Bonchev–Trinajstić information content (AvgIpc) is 3.52. The molecule has 3 saturated heterocycles. The number of nitrogens with one attached hydrogen (secondary N) is 1. The van der Waals surface area contributed by atoms with Crippen LogP contribution in [0.5, 0.6) is 6.01 Å². The zero-order chi connectivity index (χ0) is 31.6. The topological polar surface area (TPSA) is 103 Å². The smallest absolute Gasteiger partial charge is 0.319 e. The van der Waals surface area contributed by atoms with Gasteiger partial charge in [-0.25, -0.2) is 17.6 Å². The van der Waals surface area contributed by atoms with Crippen molar-refractivity contribution in [2.75, 3.05) is 50.5 Å². The number of fused-ring (bicyclic) bond motifs is 4. The Labute approximate surface area is 261 Å². The van der Waals surface area contributed by atoms with E-state index in [-0.39, 0.29) is 57.3 Å². The van der Waals surface area contributed by atoms with Crippen molar-refractivity contribution in [3.05, 3.63) is 41.5 Å². The summed E-state index contributed by atoms with van der Waals surface area (Å²) < 4.78 is 67.7. The van der Waals surface area contributed by atoms with Crippen LogP contribution in [0.3, 0.4) is 0 Å². The lowest BCUT2D eigenvalue weighted by Gasteiger charge is -2.44. The van der Waals surface area contributed by atoms with Crippen LogP contribution in [0.1, 0.15) is 31.7 Å². The highest BCUT2D eigenvalue weighted by molar-refractivity contribution is 7.23. The molecule has 3 N–H and O–H groups in total. The Kier molecular flexibility index (Phi) is 7.49. The molecule has 3 aliphatic rings. The Morgan fingerprint density at radius 2 is 1.96 bits per heavy atom. The van der Waals surface area contributed by atoms with Gasteiger partial charge in [-0.05, 0) is 50.6 Å². The zero-order valence-electron chi connectivity index (χ0n) is 24.9. The molecule has 3 fully saturated rings. The number of halogens is 4. The van der Waals surface area contributed by atoms with Crippen LogP contribution < -0.4 is 20.7 Å². The van der Waals surface area contributed by atoms with E-state index < -0.39 is 29.4 Å². The third-order valence-electron chi connectivity index (χ3n) is 9.67. The fourth-order valence-electron chi connectivity index (χ4n) is 7.50. The molecule has 4 atom stereocenters. The number of rotatable bonds is 6. The van der Waals surface area contributed by atoms with Gasteiger partial charge in [-0.3, -0.25) is 0 Å². The Balaban J connectivity index is 1.37. The highest BCUT2D eigenvalue weighted by atomic mass is 32.1. The van der Waals surface area contributed by atoms with Crippen molar-refractivity contribution in [1.29, 1.82) is 5.26 Å². The number of anilines is 2. The van der Waals surface area contributed by atoms with Crippen LogP contribution in [0.4, 0.5) is 28.4 Å². The van der Waals surface area contributed by atoms with E-state index in [9.17, 15) is 14.0 Å². The summed E-state index contributed by atoms with van der Waals surface area (Å²) in [6.07, 6.45) is -0.235. The summed E-state index contributed by atoms with van der Waals surface area (Å²) in [7, 11) is 1.88. The highest BCUT2D eigenvalue weighted by Crippen LogP contribution is 2.44. The zero-order valence-corrected chi connectivity index (χ0v) is 25.7. The molecular weight excluding hydrogens is 606 g/mol. The van der Waals surface area contributed by atoms with Crippen molar-refractivity contribution in [2.24, 2.45) is 11.3 Å². The van der Waals surface area contributed by atoms with Crippen LogP contribution in [0.15, 0.2) is 24.3 Å². The Morgan fingerprint density at radius 3 is 2.67 bits per heavy atom. The maximum atomic E-state index is 16.7. The fraction of sp³-hybridized carbons (Fsp3) is 0.469. The maximum Gasteiger partial charge on any atom is 0.319 e. The van der Waals surface area contributed by atoms with Gasteiger partial charge in [0.05, 0.1) is 17.7 Å². The number of hydrogen-bond acceptors (Lipinski definition) is 9. The number of ether oxygens (including phenoxy) is 1. The molecule has 0 radical (unpaired) electrons. The molecule has 0 aliphatic carbocycles. The van der Waals surface area contributed by atoms with Crippen LogP contribution >= 0.6 is 11.3 Å². The molecule has 0 spiro atoms. The van der Waals surface area contributed by atoms with Gasteiger partial charge in [0, 0.05) is 58.5 Å². The van der Waals surface area contributed by atoms with Gasteiger partial charge < -0.3 is 25.6 Å². The van der Waals surface area contributed by atoms with E-state index in [0.717, 1.165) is 12.8 Å². The predicted molar refractivity (Wildman–Crippen MR) is 167 cm³/mol. The van der Waals surface area contributed by atoms with Gasteiger partial charge in [-0.2, -0.15) is 15.2 Å². The van der Waals surface area contributed by atoms with E-state index in [1.54, 1.807) is 25.1 Å². The number of piperidine rings is 1. The summed E-state index contributed by atoms with van der Waals surface area (Å²) in [6, 6.07) is 8.54. The molecule has 2 aromatic carbocycles. The Hall–Kier alpha value is -3.73. The van der Waals surface area contributed by atoms with Crippen LogP contribution in [0.25, 0.3) is 32.1 Å². The van der Waals surface area contributed by atoms with E-state index >= 15 is 8.78 Å². The lowest BCUT2D eigenvalue weighted by Crippen LogP contribution is -2.51. The minimum absolute atomic E-state index is 0.0984. The minimum Gasteiger partial charge on any atom is -0.463 e. The SMILES string of the molecule is CN1CC[C@H](C(F)F)[C@](C)(COc2nc(N3C[C@H]4CC[C@@H](C3)N4)c3cc(F)c(-c4cccc5sc(N)c(C#N)c45)c(F)c3n2)C1. The summed E-state index contributed by atoms with van der Waals surface area (Å²) >= 11 is 1.17. The fourth-order valence-corrected chi connectivity index (χ4v) is 8.45. The van der Waals surface area contributed by atoms with Crippen molar-refractivity contribution >= 4 is 43.1 Å². The van der Waals surface area contributed by atoms with E-state index in [1.807, 2.05) is 16.8 Å². The van der Waals surface area contributed by atoms with Crippen LogP contribution in [0.2, 0.25) is 0 Å². The number of piperazine rings is 1. The van der Waals surface area contributed by atoms with E-state index in [2.05, 4.69) is 21.4 Å². The monoisotopic (exact) mass is 639 g/mol. The second kappa shape index (κ2) is 11.3. The molecule has 7 rings (SSSR count).